The molecule has 1 N–H and O–H groups in total. The van der Waals surface area contributed by atoms with E-state index in [2.05, 4.69) is 52.5 Å². The molecular formula is C23H21ClN2OS. The van der Waals surface area contributed by atoms with Crippen LogP contribution in [0.15, 0.2) is 66.0 Å². The van der Waals surface area contributed by atoms with Crippen molar-refractivity contribution in [1.82, 2.24) is 9.88 Å². The summed E-state index contributed by atoms with van der Waals surface area (Å²) in [5, 5.41) is 5.84. The quantitative estimate of drug-likeness (QED) is 0.437. The van der Waals surface area contributed by atoms with Crippen LogP contribution in [0.1, 0.15) is 27.2 Å². The van der Waals surface area contributed by atoms with Gasteiger partial charge in [0.05, 0.1) is 10.2 Å². The van der Waals surface area contributed by atoms with Crippen molar-refractivity contribution in [3.8, 4) is 0 Å². The number of thiophene rings is 1. The molecule has 0 saturated carbocycles. The van der Waals surface area contributed by atoms with Gasteiger partial charge in [0, 0.05) is 18.1 Å². The van der Waals surface area contributed by atoms with Gasteiger partial charge in [-0.2, -0.15) is 0 Å². The van der Waals surface area contributed by atoms with Crippen molar-refractivity contribution >= 4 is 39.1 Å². The molecule has 0 aliphatic rings. The van der Waals surface area contributed by atoms with Crippen LogP contribution in [0.25, 0.3) is 10.2 Å². The van der Waals surface area contributed by atoms with Crippen LogP contribution >= 0.6 is 22.9 Å². The van der Waals surface area contributed by atoms with E-state index in [1.54, 1.807) is 11.3 Å². The maximum atomic E-state index is 12.9. The van der Waals surface area contributed by atoms with E-state index >= 15 is 0 Å². The first-order valence-electron chi connectivity index (χ1n) is 9.25. The second-order valence-corrected chi connectivity index (χ2v) is 8.29. The molecule has 0 radical (unpaired) electrons. The molecule has 1 amide bonds. The van der Waals surface area contributed by atoms with Gasteiger partial charge in [0.25, 0.3) is 5.91 Å². The van der Waals surface area contributed by atoms with Crippen LogP contribution in [0.3, 0.4) is 0 Å². The largest absolute Gasteiger partial charge is 0.350 e. The molecule has 0 aliphatic heterocycles. The smallest absolute Gasteiger partial charge is 0.267 e. The minimum atomic E-state index is -0.0375. The van der Waals surface area contributed by atoms with E-state index in [1.165, 1.54) is 11.1 Å². The second-order valence-electron chi connectivity index (χ2n) is 6.90. The maximum Gasteiger partial charge on any atom is 0.267 e. The zero-order valence-corrected chi connectivity index (χ0v) is 17.2. The molecular weight excluding hydrogens is 388 g/mol. The van der Waals surface area contributed by atoms with E-state index in [9.17, 15) is 4.79 Å². The van der Waals surface area contributed by atoms with Crippen LogP contribution in [0.4, 0.5) is 0 Å². The summed E-state index contributed by atoms with van der Waals surface area (Å²) >= 11 is 7.65. The lowest BCUT2D eigenvalue weighted by molar-refractivity contribution is 0.0946. The molecule has 0 bridgehead atoms. The van der Waals surface area contributed by atoms with Gasteiger partial charge in [-0.05, 0) is 54.1 Å². The molecule has 2 aromatic heterocycles. The van der Waals surface area contributed by atoms with Crippen molar-refractivity contribution in [2.24, 2.45) is 0 Å². The number of rotatable bonds is 6. The standard InChI is InChI=1S/C23H21ClN2OS/c1-16-2-4-17(5-3-16)10-12-25-23(27)21-14-22-20(11-13-28-22)26(21)15-18-6-8-19(24)9-7-18/h2-9,11,13-14H,10,12,15H2,1H3,(H,25,27). The fourth-order valence-electron chi connectivity index (χ4n) is 3.27. The first kappa shape index (κ1) is 18.8. The number of aryl methyl sites for hydroxylation is 1. The predicted molar refractivity (Wildman–Crippen MR) is 118 cm³/mol. The van der Waals surface area contributed by atoms with Gasteiger partial charge in [-0.15, -0.1) is 11.3 Å². The predicted octanol–water partition coefficient (Wildman–Crippen LogP) is 5.69. The van der Waals surface area contributed by atoms with Gasteiger partial charge in [0.1, 0.15) is 5.69 Å². The first-order chi connectivity index (χ1) is 13.6. The molecule has 142 valence electrons. The van der Waals surface area contributed by atoms with Crippen LogP contribution < -0.4 is 5.32 Å². The Hall–Kier alpha value is -2.56. The van der Waals surface area contributed by atoms with E-state index in [0.29, 0.717) is 23.8 Å². The molecule has 2 heterocycles. The van der Waals surface area contributed by atoms with Crippen LogP contribution in [-0.2, 0) is 13.0 Å². The van der Waals surface area contributed by atoms with Crippen molar-refractivity contribution in [2.75, 3.05) is 6.54 Å². The SMILES string of the molecule is Cc1ccc(CCNC(=O)c2cc3sccc3n2Cc2ccc(Cl)cc2)cc1. The lowest BCUT2D eigenvalue weighted by Gasteiger charge is -2.11. The number of hydrogen-bond donors (Lipinski definition) is 1. The lowest BCUT2D eigenvalue weighted by atomic mass is 10.1. The Bertz CT molecular complexity index is 1090. The summed E-state index contributed by atoms with van der Waals surface area (Å²) in [7, 11) is 0. The van der Waals surface area contributed by atoms with Gasteiger partial charge in [0.15, 0.2) is 0 Å². The number of carbonyl (C=O) groups is 1. The molecule has 0 spiro atoms. The molecule has 2 aromatic carbocycles. The Morgan fingerprint density at radius 3 is 2.50 bits per heavy atom. The number of benzene rings is 2. The minimum absolute atomic E-state index is 0.0375. The Balaban J connectivity index is 1.50. The van der Waals surface area contributed by atoms with E-state index < -0.39 is 0 Å². The molecule has 0 saturated heterocycles. The Labute approximate surface area is 173 Å². The van der Waals surface area contributed by atoms with E-state index in [-0.39, 0.29) is 5.91 Å². The van der Waals surface area contributed by atoms with Gasteiger partial charge in [0.2, 0.25) is 0 Å². The Morgan fingerprint density at radius 1 is 1.04 bits per heavy atom. The number of hydrogen-bond acceptors (Lipinski definition) is 2. The summed E-state index contributed by atoms with van der Waals surface area (Å²) in [6.07, 6.45) is 0.818. The molecule has 4 aromatic rings. The summed E-state index contributed by atoms with van der Waals surface area (Å²) in [5.74, 6) is -0.0375. The highest BCUT2D eigenvalue weighted by Crippen LogP contribution is 2.26. The van der Waals surface area contributed by atoms with Gasteiger partial charge in [-0.3, -0.25) is 4.79 Å². The van der Waals surface area contributed by atoms with Crippen molar-refractivity contribution in [3.63, 3.8) is 0 Å². The van der Waals surface area contributed by atoms with Gasteiger partial charge >= 0.3 is 0 Å². The van der Waals surface area contributed by atoms with Crippen molar-refractivity contribution in [2.45, 2.75) is 19.9 Å². The lowest BCUT2D eigenvalue weighted by Crippen LogP contribution is -2.28. The van der Waals surface area contributed by atoms with Crippen LogP contribution in [0.2, 0.25) is 5.02 Å². The summed E-state index contributed by atoms with van der Waals surface area (Å²) in [6, 6.07) is 20.2. The normalized spacial score (nSPS) is 11.1. The molecule has 0 fully saturated rings. The van der Waals surface area contributed by atoms with Crippen LogP contribution in [0, 0.1) is 6.92 Å². The van der Waals surface area contributed by atoms with Crippen LogP contribution in [-0.4, -0.2) is 17.0 Å². The fraction of sp³-hybridized carbons (Fsp3) is 0.174. The zero-order valence-electron chi connectivity index (χ0n) is 15.6. The highest BCUT2D eigenvalue weighted by atomic mass is 35.5. The number of fused-ring (bicyclic) bond motifs is 1. The fourth-order valence-corrected chi connectivity index (χ4v) is 4.22. The molecule has 4 rings (SSSR count). The number of nitrogens with zero attached hydrogens (tertiary/aromatic N) is 1. The van der Waals surface area contributed by atoms with Gasteiger partial charge in [-0.1, -0.05) is 53.6 Å². The summed E-state index contributed by atoms with van der Waals surface area (Å²) in [4.78, 5) is 12.9. The van der Waals surface area contributed by atoms with Crippen LogP contribution in [0.5, 0.6) is 0 Å². The number of halogens is 1. The third-order valence-corrected chi connectivity index (χ3v) is 5.93. The Morgan fingerprint density at radius 2 is 1.75 bits per heavy atom. The molecule has 5 heteroatoms. The third kappa shape index (κ3) is 4.13. The van der Waals surface area contributed by atoms with E-state index in [0.717, 1.165) is 22.2 Å². The average Bonchev–Trinajstić information content (AvgIpc) is 3.28. The summed E-state index contributed by atoms with van der Waals surface area (Å²) in [6.45, 7) is 3.33. The monoisotopic (exact) mass is 408 g/mol. The minimum Gasteiger partial charge on any atom is -0.350 e. The third-order valence-electron chi connectivity index (χ3n) is 4.83. The van der Waals surface area contributed by atoms with Crippen molar-refractivity contribution in [3.05, 3.63) is 93.5 Å². The number of nitrogens with one attached hydrogen (secondary N) is 1. The maximum absolute atomic E-state index is 12.9. The molecule has 0 atom stereocenters. The number of carbonyl (C=O) groups excluding carboxylic acids is 1. The molecule has 0 aliphatic carbocycles. The molecule has 0 unspecified atom stereocenters. The highest BCUT2D eigenvalue weighted by Gasteiger charge is 2.16. The average molecular weight is 409 g/mol. The van der Waals surface area contributed by atoms with Crippen molar-refractivity contribution in [1.29, 1.82) is 0 Å². The van der Waals surface area contributed by atoms with Gasteiger partial charge < -0.3 is 9.88 Å². The summed E-state index contributed by atoms with van der Waals surface area (Å²) < 4.78 is 3.20. The molecule has 3 nitrogen and oxygen atoms in total. The van der Waals surface area contributed by atoms with Crippen molar-refractivity contribution < 1.29 is 4.79 Å². The number of aromatic nitrogens is 1. The molecule has 28 heavy (non-hydrogen) atoms. The Kier molecular flexibility index (Phi) is 5.51. The van der Waals surface area contributed by atoms with E-state index in [1.807, 2.05) is 30.3 Å². The van der Waals surface area contributed by atoms with Gasteiger partial charge in [-0.25, -0.2) is 0 Å². The highest BCUT2D eigenvalue weighted by molar-refractivity contribution is 7.17. The topological polar surface area (TPSA) is 34.0 Å². The zero-order chi connectivity index (χ0) is 19.5. The van der Waals surface area contributed by atoms with E-state index in [4.69, 9.17) is 11.6 Å². The second kappa shape index (κ2) is 8.21. The number of amides is 1. The summed E-state index contributed by atoms with van der Waals surface area (Å²) in [5.41, 5.74) is 5.36. The first-order valence-corrected chi connectivity index (χ1v) is 10.5.